The predicted octanol–water partition coefficient (Wildman–Crippen LogP) is 3.19. The topological polar surface area (TPSA) is 76.0 Å². The van der Waals surface area contributed by atoms with Crippen LogP contribution in [0.5, 0.6) is 0 Å². The van der Waals surface area contributed by atoms with Crippen LogP contribution < -0.4 is 10.6 Å². The highest BCUT2D eigenvalue weighted by Crippen LogP contribution is 2.19. The van der Waals surface area contributed by atoms with E-state index in [0.717, 1.165) is 0 Å². The average molecular weight is 349 g/mol. The van der Waals surface area contributed by atoms with Gasteiger partial charge in [0.15, 0.2) is 5.69 Å². The molecule has 2 N–H and O–H groups in total. The third-order valence-electron chi connectivity index (χ3n) is 3.34. The smallest absolute Gasteiger partial charge is 0.273 e. The normalized spacial score (nSPS) is 10.7. The lowest BCUT2D eigenvalue weighted by Crippen LogP contribution is -2.28. The first-order valence-electron chi connectivity index (χ1n) is 7.83. The van der Waals surface area contributed by atoms with E-state index in [1.165, 1.54) is 0 Å². The third kappa shape index (κ3) is 4.35. The molecule has 2 rings (SSSR count). The first-order valence-corrected chi connectivity index (χ1v) is 8.21. The van der Waals surface area contributed by atoms with Crippen molar-refractivity contribution in [2.45, 2.75) is 27.3 Å². The molecule has 0 atom stereocenters. The Balaban J connectivity index is 2.23. The number of nitrogens with zero attached hydrogens (tertiary/aromatic N) is 2. The summed E-state index contributed by atoms with van der Waals surface area (Å²) in [5.41, 5.74) is 0.901. The molecule has 0 bridgehead atoms. The Morgan fingerprint density at radius 1 is 1.25 bits per heavy atom. The van der Waals surface area contributed by atoms with E-state index in [-0.39, 0.29) is 17.5 Å². The molecule has 1 aromatic carbocycles. The molecule has 128 valence electrons. The van der Waals surface area contributed by atoms with E-state index in [2.05, 4.69) is 15.7 Å². The van der Waals surface area contributed by atoms with Crippen LogP contribution in [0.15, 0.2) is 30.5 Å². The SMILES string of the molecule is CCn1cc(NC(=O)c2ccccc2Cl)c(C(=O)NCC(C)C)n1. The van der Waals surface area contributed by atoms with Crippen molar-refractivity contribution in [1.29, 1.82) is 0 Å². The van der Waals surface area contributed by atoms with Crippen LogP contribution in [0.25, 0.3) is 0 Å². The van der Waals surface area contributed by atoms with E-state index in [1.807, 2.05) is 20.8 Å². The van der Waals surface area contributed by atoms with Crippen molar-refractivity contribution in [3.8, 4) is 0 Å². The largest absolute Gasteiger partial charge is 0.350 e. The average Bonchev–Trinajstić information content (AvgIpc) is 2.96. The lowest BCUT2D eigenvalue weighted by molar-refractivity contribution is 0.0944. The summed E-state index contributed by atoms with van der Waals surface area (Å²) in [5, 5.41) is 10.1. The number of hydrogen-bond donors (Lipinski definition) is 2. The molecule has 24 heavy (non-hydrogen) atoms. The molecule has 6 nitrogen and oxygen atoms in total. The van der Waals surface area contributed by atoms with E-state index < -0.39 is 0 Å². The predicted molar refractivity (Wildman–Crippen MR) is 94.5 cm³/mol. The van der Waals surface area contributed by atoms with Crippen LogP contribution in [0.1, 0.15) is 41.6 Å². The minimum Gasteiger partial charge on any atom is -0.350 e. The number of carbonyl (C=O) groups is 2. The lowest BCUT2D eigenvalue weighted by Gasteiger charge is -2.08. The van der Waals surface area contributed by atoms with Crippen molar-refractivity contribution >= 4 is 29.1 Å². The maximum atomic E-state index is 12.4. The lowest BCUT2D eigenvalue weighted by atomic mass is 10.2. The number of halogens is 1. The van der Waals surface area contributed by atoms with Crippen LogP contribution >= 0.6 is 11.6 Å². The van der Waals surface area contributed by atoms with Crippen LogP contribution in [-0.4, -0.2) is 28.1 Å². The molecule has 0 aliphatic heterocycles. The van der Waals surface area contributed by atoms with Gasteiger partial charge in [0.25, 0.3) is 11.8 Å². The zero-order valence-electron chi connectivity index (χ0n) is 14.0. The Hall–Kier alpha value is -2.34. The number of rotatable bonds is 6. The van der Waals surface area contributed by atoms with Gasteiger partial charge in [-0.1, -0.05) is 37.6 Å². The minimum atomic E-state index is -0.380. The van der Waals surface area contributed by atoms with E-state index in [0.29, 0.717) is 35.3 Å². The molecular weight excluding hydrogens is 328 g/mol. The van der Waals surface area contributed by atoms with E-state index in [1.54, 1.807) is 35.1 Å². The Bertz CT molecular complexity index is 740. The molecule has 0 aliphatic rings. The van der Waals surface area contributed by atoms with Gasteiger partial charge in [-0.3, -0.25) is 14.3 Å². The molecule has 1 aromatic heterocycles. The van der Waals surface area contributed by atoms with Crippen LogP contribution in [0.3, 0.4) is 0 Å². The van der Waals surface area contributed by atoms with Gasteiger partial charge in [-0.25, -0.2) is 0 Å². The van der Waals surface area contributed by atoms with Crippen LogP contribution in [0.2, 0.25) is 5.02 Å². The van der Waals surface area contributed by atoms with Gasteiger partial charge in [0.2, 0.25) is 0 Å². The fourth-order valence-corrected chi connectivity index (χ4v) is 2.28. The van der Waals surface area contributed by atoms with Crippen molar-refractivity contribution in [2.75, 3.05) is 11.9 Å². The van der Waals surface area contributed by atoms with Crippen LogP contribution in [-0.2, 0) is 6.54 Å². The van der Waals surface area contributed by atoms with Crippen molar-refractivity contribution in [3.05, 3.63) is 46.7 Å². The molecule has 7 heteroatoms. The van der Waals surface area contributed by atoms with Crippen LogP contribution in [0.4, 0.5) is 5.69 Å². The van der Waals surface area contributed by atoms with Gasteiger partial charge >= 0.3 is 0 Å². The van der Waals surface area contributed by atoms with E-state index in [4.69, 9.17) is 11.6 Å². The van der Waals surface area contributed by atoms with Gasteiger partial charge in [-0.05, 0) is 25.0 Å². The van der Waals surface area contributed by atoms with Gasteiger partial charge in [-0.15, -0.1) is 0 Å². The summed E-state index contributed by atoms with van der Waals surface area (Å²) in [6.45, 7) is 7.04. The molecule has 2 amide bonds. The number of benzene rings is 1. The molecule has 0 saturated carbocycles. The van der Waals surface area contributed by atoms with Crippen LogP contribution in [0, 0.1) is 5.92 Å². The molecule has 0 spiro atoms. The summed E-state index contributed by atoms with van der Waals surface area (Å²) in [6.07, 6.45) is 1.64. The van der Waals surface area contributed by atoms with Crippen molar-refractivity contribution in [1.82, 2.24) is 15.1 Å². The maximum Gasteiger partial charge on any atom is 0.273 e. The molecular formula is C17H21ClN4O2. The fourth-order valence-electron chi connectivity index (χ4n) is 2.06. The maximum absolute atomic E-state index is 12.4. The van der Waals surface area contributed by atoms with Crippen molar-refractivity contribution < 1.29 is 9.59 Å². The zero-order chi connectivity index (χ0) is 17.7. The molecule has 0 saturated heterocycles. The van der Waals surface area contributed by atoms with Crippen molar-refractivity contribution in [2.24, 2.45) is 5.92 Å². The Morgan fingerprint density at radius 3 is 2.58 bits per heavy atom. The van der Waals surface area contributed by atoms with E-state index >= 15 is 0 Å². The number of hydrogen-bond acceptors (Lipinski definition) is 3. The first kappa shape index (κ1) is 18.0. The molecule has 2 aromatic rings. The van der Waals surface area contributed by atoms with Gasteiger partial charge in [0.05, 0.1) is 16.3 Å². The second-order valence-electron chi connectivity index (χ2n) is 5.78. The highest BCUT2D eigenvalue weighted by atomic mass is 35.5. The Labute approximate surface area is 146 Å². The van der Waals surface area contributed by atoms with Gasteiger partial charge in [-0.2, -0.15) is 5.10 Å². The second-order valence-corrected chi connectivity index (χ2v) is 6.19. The number of aryl methyl sites for hydroxylation is 1. The molecule has 0 fully saturated rings. The number of nitrogens with one attached hydrogen (secondary N) is 2. The Morgan fingerprint density at radius 2 is 1.96 bits per heavy atom. The number of anilines is 1. The molecule has 0 aliphatic carbocycles. The number of amides is 2. The second kappa shape index (κ2) is 7.97. The monoisotopic (exact) mass is 348 g/mol. The Kier molecular flexibility index (Phi) is 5.98. The summed E-state index contributed by atoms with van der Waals surface area (Å²) in [7, 11) is 0. The summed E-state index contributed by atoms with van der Waals surface area (Å²) in [5.74, 6) is -0.372. The van der Waals surface area contributed by atoms with Crippen molar-refractivity contribution in [3.63, 3.8) is 0 Å². The number of aromatic nitrogens is 2. The zero-order valence-corrected chi connectivity index (χ0v) is 14.7. The summed E-state index contributed by atoms with van der Waals surface area (Å²) >= 11 is 6.04. The molecule has 1 heterocycles. The highest BCUT2D eigenvalue weighted by Gasteiger charge is 2.20. The van der Waals surface area contributed by atoms with E-state index in [9.17, 15) is 9.59 Å². The number of carbonyl (C=O) groups excluding carboxylic acids is 2. The summed E-state index contributed by atoms with van der Waals surface area (Å²) in [6, 6.07) is 6.74. The highest BCUT2D eigenvalue weighted by molar-refractivity contribution is 6.34. The quantitative estimate of drug-likeness (QED) is 0.841. The summed E-state index contributed by atoms with van der Waals surface area (Å²) < 4.78 is 1.60. The third-order valence-corrected chi connectivity index (χ3v) is 3.67. The summed E-state index contributed by atoms with van der Waals surface area (Å²) in [4.78, 5) is 24.7. The minimum absolute atomic E-state index is 0.193. The first-order chi connectivity index (χ1) is 11.4. The fraction of sp³-hybridized carbons (Fsp3) is 0.353. The standard InChI is InChI=1S/C17H21ClN4O2/c1-4-22-10-14(15(21-22)17(24)19-9-11(2)3)20-16(23)12-7-5-6-8-13(12)18/h5-8,10-11H,4,9H2,1-3H3,(H,19,24)(H,20,23). The van der Waals surface area contributed by atoms with Gasteiger partial charge < -0.3 is 10.6 Å². The molecule has 0 radical (unpaired) electrons. The molecule has 0 unspecified atom stereocenters. The van der Waals surface area contributed by atoms with Gasteiger partial charge in [0.1, 0.15) is 0 Å². The van der Waals surface area contributed by atoms with Gasteiger partial charge in [0, 0.05) is 19.3 Å².